The molecule has 1 amide bonds. The van der Waals surface area contributed by atoms with Crippen molar-refractivity contribution in [2.24, 2.45) is 0 Å². The summed E-state index contributed by atoms with van der Waals surface area (Å²) in [5.41, 5.74) is 3.25. The van der Waals surface area contributed by atoms with Crippen LogP contribution in [0.2, 0.25) is 0 Å². The Hall–Kier alpha value is -3.04. The Morgan fingerprint density at radius 3 is 2.66 bits per heavy atom. The van der Waals surface area contributed by atoms with Gasteiger partial charge in [0, 0.05) is 51.6 Å². The lowest BCUT2D eigenvalue weighted by Gasteiger charge is -2.34. The molecule has 0 radical (unpaired) electrons. The number of ether oxygens (including phenoxy) is 1. The van der Waals surface area contributed by atoms with Gasteiger partial charge in [0.15, 0.2) is 10.8 Å². The van der Waals surface area contributed by atoms with Crippen LogP contribution in [0.5, 0.6) is 0 Å². The monoisotopic (exact) mass is 448 g/mol. The lowest BCUT2D eigenvalue weighted by molar-refractivity contribution is 0.0704. The molecule has 2 aliphatic rings. The van der Waals surface area contributed by atoms with Gasteiger partial charge >= 0.3 is 0 Å². The van der Waals surface area contributed by atoms with E-state index in [4.69, 9.17) is 9.72 Å². The van der Waals surface area contributed by atoms with Crippen LogP contribution in [-0.2, 0) is 4.74 Å². The molecule has 0 atom stereocenters. The second-order valence-corrected chi connectivity index (χ2v) is 9.31. The second-order valence-electron chi connectivity index (χ2n) is 8.31. The third kappa shape index (κ3) is 3.51. The first-order valence-electron chi connectivity index (χ1n) is 11.1. The molecule has 0 bridgehead atoms. The Morgan fingerprint density at radius 2 is 1.84 bits per heavy atom. The first kappa shape index (κ1) is 19.6. The predicted octanol–water partition coefficient (Wildman–Crippen LogP) is 3.35. The molecule has 2 aliphatic heterocycles. The first-order chi connectivity index (χ1) is 15.8. The van der Waals surface area contributed by atoms with Gasteiger partial charge in [-0.15, -0.1) is 0 Å². The molecule has 2 saturated heterocycles. The van der Waals surface area contributed by atoms with Gasteiger partial charge < -0.3 is 19.1 Å². The third-order valence-electron chi connectivity index (χ3n) is 6.36. The molecule has 2 fully saturated rings. The molecule has 0 N–H and O–H groups in total. The van der Waals surface area contributed by atoms with Crippen molar-refractivity contribution in [2.75, 3.05) is 44.3 Å². The highest BCUT2D eigenvalue weighted by Gasteiger charge is 2.25. The standard InChI is InChI=1S/C23H24N6O2S/c30-22(16-13-19-21(24-14-16)29(15-25-19)17-5-11-31-12-6-17)27-7-9-28(10-8-27)23-26-18-3-1-2-4-20(18)32-23/h1-4,13-15,17H,5-12H2. The van der Waals surface area contributed by atoms with E-state index in [0.29, 0.717) is 24.7 Å². The number of carbonyl (C=O) groups excluding carboxylic acids is 1. The van der Waals surface area contributed by atoms with E-state index in [-0.39, 0.29) is 5.91 Å². The fourth-order valence-electron chi connectivity index (χ4n) is 4.55. The summed E-state index contributed by atoms with van der Waals surface area (Å²) in [5, 5.41) is 1.03. The van der Waals surface area contributed by atoms with Crippen LogP contribution in [0.15, 0.2) is 42.9 Å². The number of anilines is 1. The van der Waals surface area contributed by atoms with Crippen LogP contribution in [0, 0.1) is 0 Å². The van der Waals surface area contributed by atoms with E-state index in [1.807, 2.05) is 35.5 Å². The summed E-state index contributed by atoms with van der Waals surface area (Å²) in [6.07, 6.45) is 5.47. The molecule has 0 spiro atoms. The van der Waals surface area contributed by atoms with Crippen molar-refractivity contribution < 1.29 is 9.53 Å². The van der Waals surface area contributed by atoms with Crippen molar-refractivity contribution in [3.8, 4) is 0 Å². The maximum absolute atomic E-state index is 13.1. The maximum atomic E-state index is 13.1. The fraction of sp³-hybridized carbons (Fsp3) is 0.391. The van der Waals surface area contributed by atoms with Crippen molar-refractivity contribution >= 4 is 43.8 Å². The van der Waals surface area contributed by atoms with Gasteiger partial charge in [-0.2, -0.15) is 0 Å². The summed E-state index contributed by atoms with van der Waals surface area (Å²) in [6, 6.07) is 10.4. The zero-order valence-electron chi connectivity index (χ0n) is 17.7. The molecule has 1 aromatic carbocycles. The Bertz CT molecular complexity index is 1240. The van der Waals surface area contributed by atoms with Crippen molar-refractivity contribution in [1.82, 2.24) is 24.4 Å². The Kier molecular flexibility index (Phi) is 4.99. The molecule has 8 nitrogen and oxygen atoms in total. The van der Waals surface area contributed by atoms with Crippen LogP contribution in [0.1, 0.15) is 29.2 Å². The van der Waals surface area contributed by atoms with Crippen molar-refractivity contribution in [2.45, 2.75) is 18.9 Å². The topological polar surface area (TPSA) is 76.4 Å². The number of imidazole rings is 1. The summed E-state index contributed by atoms with van der Waals surface area (Å²) in [6.45, 7) is 4.43. The summed E-state index contributed by atoms with van der Waals surface area (Å²) < 4.78 is 8.79. The summed E-state index contributed by atoms with van der Waals surface area (Å²) >= 11 is 1.71. The molecule has 0 saturated carbocycles. The van der Waals surface area contributed by atoms with Gasteiger partial charge in [-0.05, 0) is 31.0 Å². The van der Waals surface area contributed by atoms with Gasteiger partial charge in [0.2, 0.25) is 0 Å². The lowest BCUT2D eigenvalue weighted by atomic mass is 10.1. The minimum absolute atomic E-state index is 0.0176. The van der Waals surface area contributed by atoms with E-state index in [1.165, 1.54) is 4.70 Å². The van der Waals surface area contributed by atoms with Crippen molar-refractivity contribution in [3.63, 3.8) is 0 Å². The molecule has 6 rings (SSSR count). The van der Waals surface area contributed by atoms with Gasteiger partial charge in [0.05, 0.1) is 22.1 Å². The maximum Gasteiger partial charge on any atom is 0.255 e. The van der Waals surface area contributed by atoms with Gasteiger partial charge in [0.1, 0.15) is 5.52 Å². The number of aromatic nitrogens is 4. The molecule has 9 heteroatoms. The highest BCUT2D eigenvalue weighted by molar-refractivity contribution is 7.22. The summed E-state index contributed by atoms with van der Waals surface area (Å²) in [5.74, 6) is 0.0176. The zero-order chi connectivity index (χ0) is 21.5. The predicted molar refractivity (Wildman–Crippen MR) is 124 cm³/mol. The highest BCUT2D eigenvalue weighted by atomic mass is 32.1. The largest absolute Gasteiger partial charge is 0.381 e. The molecular formula is C23H24N6O2S. The van der Waals surface area contributed by atoms with Crippen molar-refractivity contribution in [1.29, 1.82) is 0 Å². The SMILES string of the molecule is O=C(c1cnc2c(c1)ncn2C1CCOCC1)N1CCN(c2nc3ccccc3s2)CC1. The zero-order valence-corrected chi connectivity index (χ0v) is 18.5. The molecular weight excluding hydrogens is 424 g/mol. The summed E-state index contributed by atoms with van der Waals surface area (Å²) in [4.78, 5) is 31.2. The first-order valence-corrected chi connectivity index (χ1v) is 11.9. The minimum atomic E-state index is 0.0176. The average Bonchev–Trinajstić information content (AvgIpc) is 3.48. The van der Waals surface area contributed by atoms with E-state index in [1.54, 1.807) is 17.5 Å². The molecule has 32 heavy (non-hydrogen) atoms. The van der Waals surface area contributed by atoms with Crippen LogP contribution in [0.25, 0.3) is 21.4 Å². The minimum Gasteiger partial charge on any atom is -0.381 e. The number of fused-ring (bicyclic) bond motifs is 2. The molecule has 0 unspecified atom stereocenters. The van der Waals surface area contributed by atoms with Crippen LogP contribution in [-0.4, -0.2) is 69.7 Å². The second kappa shape index (κ2) is 8.14. The Labute approximate surface area is 189 Å². The van der Waals surface area contributed by atoms with E-state index >= 15 is 0 Å². The third-order valence-corrected chi connectivity index (χ3v) is 7.46. The van der Waals surface area contributed by atoms with Crippen LogP contribution >= 0.6 is 11.3 Å². The number of amides is 1. The van der Waals surface area contributed by atoms with Gasteiger partial charge in [-0.3, -0.25) is 4.79 Å². The van der Waals surface area contributed by atoms with Crippen molar-refractivity contribution in [3.05, 3.63) is 48.4 Å². The Balaban J connectivity index is 1.15. The fourth-order valence-corrected chi connectivity index (χ4v) is 5.56. The molecule has 164 valence electrons. The van der Waals surface area contributed by atoms with E-state index < -0.39 is 0 Å². The number of nitrogens with zero attached hydrogens (tertiary/aromatic N) is 6. The number of piperazine rings is 1. The smallest absolute Gasteiger partial charge is 0.255 e. The van der Waals surface area contributed by atoms with E-state index in [2.05, 4.69) is 25.5 Å². The van der Waals surface area contributed by atoms with Gasteiger partial charge in [-0.1, -0.05) is 23.5 Å². The van der Waals surface area contributed by atoms with E-state index in [0.717, 1.165) is 61.0 Å². The molecule has 5 heterocycles. The number of hydrogen-bond donors (Lipinski definition) is 0. The van der Waals surface area contributed by atoms with E-state index in [9.17, 15) is 4.79 Å². The number of carbonyl (C=O) groups is 1. The molecule has 3 aromatic heterocycles. The Morgan fingerprint density at radius 1 is 1.03 bits per heavy atom. The number of benzene rings is 1. The summed E-state index contributed by atoms with van der Waals surface area (Å²) in [7, 11) is 0. The van der Waals surface area contributed by atoms with Gasteiger partial charge in [-0.25, -0.2) is 15.0 Å². The highest BCUT2D eigenvalue weighted by Crippen LogP contribution is 2.29. The van der Waals surface area contributed by atoms with Crippen LogP contribution in [0.3, 0.4) is 0 Å². The number of thiazole rings is 1. The normalized spacial score (nSPS) is 18.0. The van der Waals surface area contributed by atoms with Crippen LogP contribution in [0.4, 0.5) is 5.13 Å². The number of rotatable bonds is 3. The molecule has 4 aromatic rings. The number of para-hydroxylation sites is 1. The number of pyridine rings is 1. The lowest BCUT2D eigenvalue weighted by Crippen LogP contribution is -2.48. The molecule has 0 aliphatic carbocycles. The van der Waals surface area contributed by atoms with Gasteiger partial charge in [0.25, 0.3) is 5.91 Å². The van der Waals surface area contributed by atoms with Crippen LogP contribution < -0.4 is 4.90 Å². The average molecular weight is 449 g/mol. The quantitative estimate of drug-likeness (QED) is 0.478. The number of hydrogen-bond acceptors (Lipinski definition) is 7.